The maximum Gasteiger partial charge on any atom is 0.310 e. The van der Waals surface area contributed by atoms with E-state index in [0.717, 1.165) is 35.5 Å². The average molecular weight is 324 g/mol. The second-order valence-corrected chi connectivity index (χ2v) is 6.31. The number of nitrogens with two attached hydrogens (primary N) is 1. The van der Waals surface area contributed by atoms with Crippen LogP contribution in [0.3, 0.4) is 0 Å². The molecule has 4 nitrogen and oxygen atoms in total. The molecular formula is C15H20N2O2S2. The number of hydrogen-bond acceptors (Lipinski definition) is 5. The number of benzene rings is 1. The van der Waals surface area contributed by atoms with Gasteiger partial charge in [-0.1, -0.05) is 18.3 Å². The van der Waals surface area contributed by atoms with Crippen LogP contribution in [0.2, 0.25) is 0 Å². The Balaban J connectivity index is 2.33. The first kappa shape index (κ1) is 16.1. The zero-order valence-corrected chi connectivity index (χ0v) is 13.9. The van der Waals surface area contributed by atoms with Gasteiger partial charge in [0.05, 0.1) is 13.0 Å². The monoisotopic (exact) mass is 324 g/mol. The first-order valence-corrected chi connectivity index (χ1v) is 8.51. The highest BCUT2D eigenvalue weighted by molar-refractivity contribution is 7.98. The number of hydrogen-bond donors (Lipinski definition) is 1. The van der Waals surface area contributed by atoms with Crippen molar-refractivity contribution in [2.24, 2.45) is 11.7 Å². The van der Waals surface area contributed by atoms with E-state index in [1.165, 1.54) is 7.11 Å². The Morgan fingerprint density at radius 2 is 2.29 bits per heavy atom. The summed E-state index contributed by atoms with van der Waals surface area (Å²) in [6.45, 7) is 1.56. The standard InChI is InChI=1S/C15H20N2O2S2/c1-19-15(18)10-5-4-8-17(9-10)11-6-3-7-12(21-2)13(11)14(16)20/h3,6-7,10H,4-5,8-9H2,1-2H3,(H2,16,20). The van der Waals surface area contributed by atoms with Crippen molar-refractivity contribution >= 4 is 40.6 Å². The molecule has 1 atom stereocenters. The number of esters is 1. The predicted molar refractivity (Wildman–Crippen MR) is 91.1 cm³/mol. The third-order valence-electron chi connectivity index (χ3n) is 3.77. The molecule has 1 fully saturated rings. The second kappa shape index (κ2) is 7.13. The van der Waals surface area contributed by atoms with Gasteiger partial charge in [-0.15, -0.1) is 11.8 Å². The molecule has 1 aliphatic heterocycles. The maximum atomic E-state index is 11.8. The minimum Gasteiger partial charge on any atom is -0.469 e. The zero-order valence-electron chi connectivity index (χ0n) is 12.3. The molecule has 0 spiro atoms. The highest BCUT2D eigenvalue weighted by atomic mass is 32.2. The van der Waals surface area contributed by atoms with E-state index in [1.54, 1.807) is 11.8 Å². The van der Waals surface area contributed by atoms with E-state index >= 15 is 0 Å². The van der Waals surface area contributed by atoms with E-state index in [9.17, 15) is 4.79 Å². The van der Waals surface area contributed by atoms with Crippen molar-refractivity contribution in [3.05, 3.63) is 23.8 Å². The van der Waals surface area contributed by atoms with Crippen LogP contribution in [0.15, 0.2) is 23.1 Å². The molecule has 1 aromatic carbocycles. The van der Waals surface area contributed by atoms with E-state index in [2.05, 4.69) is 4.90 Å². The highest BCUT2D eigenvalue weighted by Crippen LogP contribution is 2.32. The lowest BCUT2D eigenvalue weighted by Crippen LogP contribution is -2.40. The molecule has 2 rings (SSSR count). The van der Waals surface area contributed by atoms with Crippen LogP contribution in [0.1, 0.15) is 18.4 Å². The largest absolute Gasteiger partial charge is 0.469 e. The van der Waals surface area contributed by atoms with Gasteiger partial charge >= 0.3 is 5.97 Å². The third-order valence-corrected chi connectivity index (χ3v) is 4.75. The van der Waals surface area contributed by atoms with Gasteiger partial charge in [0.15, 0.2) is 0 Å². The molecule has 1 saturated heterocycles. The van der Waals surface area contributed by atoms with Gasteiger partial charge < -0.3 is 15.4 Å². The SMILES string of the molecule is COC(=O)C1CCCN(c2cccc(SC)c2C(N)=S)C1. The molecule has 1 heterocycles. The Bertz CT molecular complexity index is 548. The molecule has 1 unspecified atom stereocenters. The topological polar surface area (TPSA) is 55.6 Å². The molecule has 0 bridgehead atoms. The number of piperidine rings is 1. The molecule has 114 valence electrons. The number of carbonyl (C=O) groups excluding carboxylic acids is 1. The summed E-state index contributed by atoms with van der Waals surface area (Å²) < 4.78 is 4.88. The van der Waals surface area contributed by atoms with Crippen molar-refractivity contribution in [2.75, 3.05) is 31.4 Å². The summed E-state index contributed by atoms with van der Waals surface area (Å²) in [4.78, 5) is 15.4. The van der Waals surface area contributed by atoms with Gasteiger partial charge in [-0.2, -0.15) is 0 Å². The summed E-state index contributed by atoms with van der Waals surface area (Å²) in [5, 5.41) is 0. The van der Waals surface area contributed by atoms with E-state index in [-0.39, 0.29) is 11.9 Å². The molecule has 0 radical (unpaired) electrons. The summed E-state index contributed by atoms with van der Waals surface area (Å²) in [7, 11) is 1.44. The number of thioether (sulfide) groups is 1. The summed E-state index contributed by atoms with van der Waals surface area (Å²) in [6, 6.07) is 6.04. The Hall–Kier alpha value is -1.27. The van der Waals surface area contributed by atoms with Crippen molar-refractivity contribution in [3.8, 4) is 0 Å². The van der Waals surface area contributed by atoms with Gasteiger partial charge in [-0.25, -0.2) is 0 Å². The molecule has 0 aliphatic carbocycles. The summed E-state index contributed by atoms with van der Waals surface area (Å²) in [5.74, 6) is -0.224. The molecule has 0 saturated carbocycles. The fraction of sp³-hybridized carbons (Fsp3) is 0.467. The van der Waals surface area contributed by atoms with Crippen molar-refractivity contribution in [3.63, 3.8) is 0 Å². The fourth-order valence-corrected chi connectivity index (χ4v) is 3.67. The quantitative estimate of drug-likeness (QED) is 0.521. The lowest BCUT2D eigenvalue weighted by molar-refractivity contribution is -0.145. The van der Waals surface area contributed by atoms with Crippen LogP contribution in [0.25, 0.3) is 0 Å². The van der Waals surface area contributed by atoms with Gasteiger partial charge in [-0.05, 0) is 31.2 Å². The molecule has 1 aromatic rings. The van der Waals surface area contributed by atoms with E-state index in [4.69, 9.17) is 22.7 Å². The molecule has 0 aromatic heterocycles. The lowest BCUT2D eigenvalue weighted by atomic mass is 9.97. The molecule has 0 amide bonds. The molecule has 1 aliphatic rings. The van der Waals surface area contributed by atoms with Crippen molar-refractivity contribution < 1.29 is 9.53 Å². The minimum absolute atomic E-state index is 0.0825. The van der Waals surface area contributed by atoms with Crippen molar-refractivity contribution in [1.82, 2.24) is 0 Å². The van der Waals surface area contributed by atoms with Gasteiger partial charge in [0.2, 0.25) is 0 Å². The number of nitrogens with zero attached hydrogens (tertiary/aromatic N) is 1. The number of methoxy groups -OCH3 is 1. The smallest absolute Gasteiger partial charge is 0.310 e. The summed E-state index contributed by atoms with van der Waals surface area (Å²) >= 11 is 6.85. The van der Waals surface area contributed by atoms with Gasteiger partial charge in [-0.3, -0.25) is 4.79 Å². The first-order valence-electron chi connectivity index (χ1n) is 6.88. The first-order chi connectivity index (χ1) is 10.1. The Morgan fingerprint density at radius 3 is 2.90 bits per heavy atom. The van der Waals surface area contributed by atoms with E-state index in [0.29, 0.717) is 11.5 Å². The predicted octanol–water partition coefficient (Wildman–Crippen LogP) is 2.43. The van der Waals surface area contributed by atoms with Gasteiger partial charge in [0.1, 0.15) is 4.99 Å². The Morgan fingerprint density at radius 1 is 1.52 bits per heavy atom. The average Bonchev–Trinajstić information content (AvgIpc) is 2.53. The number of ether oxygens (including phenoxy) is 1. The van der Waals surface area contributed by atoms with Crippen LogP contribution >= 0.6 is 24.0 Å². The zero-order chi connectivity index (χ0) is 15.4. The van der Waals surface area contributed by atoms with Gasteiger partial charge in [0.25, 0.3) is 0 Å². The van der Waals surface area contributed by atoms with Crippen LogP contribution in [0, 0.1) is 5.92 Å². The highest BCUT2D eigenvalue weighted by Gasteiger charge is 2.28. The van der Waals surface area contributed by atoms with Crippen molar-refractivity contribution in [2.45, 2.75) is 17.7 Å². The Kier molecular flexibility index (Phi) is 5.47. The van der Waals surface area contributed by atoms with Crippen LogP contribution in [-0.2, 0) is 9.53 Å². The number of rotatable bonds is 4. The number of anilines is 1. The fourth-order valence-electron chi connectivity index (χ4n) is 2.76. The van der Waals surface area contributed by atoms with Crippen LogP contribution in [0.5, 0.6) is 0 Å². The van der Waals surface area contributed by atoms with E-state index in [1.807, 2.05) is 24.5 Å². The third kappa shape index (κ3) is 3.49. The molecular weight excluding hydrogens is 304 g/mol. The number of thiocarbonyl (C=S) groups is 1. The Labute approximate surface area is 135 Å². The molecule has 2 N–H and O–H groups in total. The normalized spacial score (nSPS) is 18.4. The summed E-state index contributed by atoms with van der Waals surface area (Å²) in [5.41, 5.74) is 7.84. The lowest BCUT2D eigenvalue weighted by Gasteiger charge is -2.34. The van der Waals surface area contributed by atoms with Crippen LogP contribution < -0.4 is 10.6 Å². The molecule has 6 heteroatoms. The summed E-state index contributed by atoms with van der Waals surface area (Å²) in [6.07, 6.45) is 3.84. The maximum absolute atomic E-state index is 11.8. The van der Waals surface area contributed by atoms with Crippen LogP contribution in [-0.4, -0.2) is 37.4 Å². The van der Waals surface area contributed by atoms with E-state index < -0.39 is 0 Å². The van der Waals surface area contributed by atoms with Crippen molar-refractivity contribution in [1.29, 1.82) is 0 Å². The van der Waals surface area contributed by atoms with Crippen LogP contribution in [0.4, 0.5) is 5.69 Å². The second-order valence-electron chi connectivity index (χ2n) is 5.03. The number of carbonyl (C=O) groups is 1. The molecule has 21 heavy (non-hydrogen) atoms. The van der Waals surface area contributed by atoms with Gasteiger partial charge in [0, 0.05) is 29.2 Å². The minimum atomic E-state index is -0.141.